The Morgan fingerprint density at radius 2 is 1.38 bits per heavy atom. The highest BCUT2D eigenvalue weighted by molar-refractivity contribution is 5.94. The first kappa shape index (κ1) is 26.8. The molecule has 168 valence electrons. The minimum atomic E-state index is -1.41. The number of carbonyl (C=O) groups excluding carboxylic acids is 3. The van der Waals surface area contributed by atoms with Crippen LogP contribution in [0.5, 0.6) is 0 Å². The van der Waals surface area contributed by atoms with Crippen LogP contribution in [0.2, 0.25) is 0 Å². The summed E-state index contributed by atoms with van der Waals surface area (Å²) in [4.78, 5) is 48.4. The van der Waals surface area contributed by atoms with Crippen LogP contribution < -0.4 is 21.7 Å². The lowest BCUT2D eigenvalue weighted by molar-refractivity contribution is -0.143. The molecule has 0 rings (SSSR count). The molecule has 11 heteroatoms. The summed E-state index contributed by atoms with van der Waals surface area (Å²) in [7, 11) is 0. The highest BCUT2D eigenvalue weighted by Crippen LogP contribution is 2.09. The van der Waals surface area contributed by atoms with Crippen molar-refractivity contribution in [3.05, 3.63) is 0 Å². The van der Waals surface area contributed by atoms with Gasteiger partial charge in [0, 0.05) is 0 Å². The average Bonchev–Trinajstić information content (AvgIpc) is 2.60. The highest BCUT2D eigenvalue weighted by Gasteiger charge is 2.33. The predicted octanol–water partition coefficient (Wildman–Crippen LogP) is -2.07. The van der Waals surface area contributed by atoms with Gasteiger partial charge in [0.05, 0.1) is 12.7 Å². The molecule has 5 unspecified atom stereocenters. The molecule has 0 heterocycles. The fourth-order valence-electron chi connectivity index (χ4n) is 2.48. The maximum Gasteiger partial charge on any atom is 0.326 e. The Hall–Kier alpha value is -2.24. The van der Waals surface area contributed by atoms with Gasteiger partial charge in [-0.25, -0.2) is 4.79 Å². The van der Waals surface area contributed by atoms with Gasteiger partial charge in [0.1, 0.15) is 24.2 Å². The van der Waals surface area contributed by atoms with E-state index < -0.39 is 60.6 Å². The van der Waals surface area contributed by atoms with Crippen LogP contribution in [-0.2, 0) is 19.2 Å². The Kier molecular flexibility index (Phi) is 11.4. The Balaban J connectivity index is 5.40. The number of aliphatic hydroxyl groups excluding tert-OH is 2. The van der Waals surface area contributed by atoms with Gasteiger partial charge in [-0.05, 0) is 25.2 Å². The monoisotopic (exact) mass is 418 g/mol. The molecule has 8 N–H and O–H groups in total. The second kappa shape index (κ2) is 12.3. The van der Waals surface area contributed by atoms with Gasteiger partial charge in [0.25, 0.3) is 0 Å². The van der Waals surface area contributed by atoms with Crippen LogP contribution >= 0.6 is 0 Å². The molecule has 5 atom stereocenters. The van der Waals surface area contributed by atoms with Crippen molar-refractivity contribution in [2.75, 3.05) is 6.61 Å². The molecular weight excluding hydrogens is 384 g/mol. The number of nitrogens with one attached hydrogen (secondary N) is 3. The summed E-state index contributed by atoms with van der Waals surface area (Å²) in [6.45, 7) is 7.53. The summed E-state index contributed by atoms with van der Waals surface area (Å²) in [5.41, 5.74) is 5.40. The Morgan fingerprint density at radius 3 is 1.76 bits per heavy atom. The van der Waals surface area contributed by atoms with Crippen molar-refractivity contribution in [1.29, 1.82) is 0 Å². The van der Waals surface area contributed by atoms with Crippen molar-refractivity contribution in [3.8, 4) is 0 Å². The van der Waals surface area contributed by atoms with Crippen molar-refractivity contribution in [2.24, 2.45) is 17.6 Å². The van der Waals surface area contributed by atoms with Gasteiger partial charge >= 0.3 is 5.97 Å². The maximum absolute atomic E-state index is 12.6. The molecule has 0 aromatic carbocycles. The number of amides is 3. The molecular formula is C18H34N4O7. The van der Waals surface area contributed by atoms with Gasteiger partial charge in [-0.3, -0.25) is 14.4 Å². The van der Waals surface area contributed by atoms with Gasteiger partial charge in [-0.1, -0.05) is 27.7 Å². The number of carbonyl (C=O) groups is 4. The summed E-state index contributed by atoms with van der Waals surface area (Å²) in [5, 5.41) is 35.1. The molecule has 0 fully saturated rings. The van der Waals surface area contributed by atoms with E-state index in [9.17, 15) is 29.4 Å². The number of aliphatic hydroxyl groups is 2. The minimum Gasteiger partial charge on any atom is -0.480 e. The first-order valence-corrected chi connectivity index (χ1v) is 9.50. The van der Waals surface area contributed by atoms with E-state index in [2.05, 4.69) is 16.0 Å². The normalized spacial score (nSPS) is 16.5. The fraction of sp³-hybridized carbons (Fsp3) is 0.778. The smallest absolute Gasteiger partial charge is 0.326 e. The van der Waals surface area contributed by atoms with E-state index in [1.165, 1.54) is 6.92 Å². The quantitative estimate of drug-likeness (QED) is 0.188. The van der Waals surface area contributed by atoms with Crippen LogP contribution in [-0.4, -0.2) is 75.9 Å². The molecule has 0 saturated carbocycles. The third kappa shape index (κ3) is 9.20. The molecule has 0 aromatic rings. The molecule has 0 radical (unpaired) electrons. The zero-order chi connectivity index (χ0) is 22.9. The third-order valence-electron chi connectivity index (χ3n) is 4.17. The summed E-state index contributed by atoms with van der Waals surface area (Å²) >= 11 is 0. The van der Waals surface area contributed by atoms with Crippen LogP contribution in [0.15, 0.2) is 0 Å². The number of rotatable bonds is 12. The zero-order valence-corrected chi connectivity index (χ0v) is 17.5. The summed E-state index contributed by atoms with van der Waals surface area (Å²) in [6.07, 6.45) is -1.10. The van der Waals surface area contributed by atoms with E-state index in [1.54, 1.807) is 13.8 Å². The number of carboxylic acid groups (broad SMARTS) is 1. The SMILES string of the molecule is CC(C)CC(NC(=O)C(NC(=O)C(N)CO)C(C)O)C(=O)NC(C(=O)O)C(C)C. The first-order chi connectivity index (χ1) is 13.3. The predicted molar refractivity (Wildman–Crippen MR) is 104 cm³/mol. The van der Waals surface area contributed by atoms with E-state index in [-0.39, 0.29) is 18.3 Å². The number of hydrogen-bond acceptors (Lipinski definition) is 7. The van der Waals surface area contributed by atoms with Crippen LogP contribution in [0.3, 0.4) is 0 Å². The highest BCUT2D eigenvalue weighted by atomic mass is 16.4. The molecule has 0 saturated heterocycles. The van der Waals surface area contributed by atoms with Gasteiger partial charge in [-0.2, -0.15) is 0 Å². The van der Waals surface area contributed by atoms with Gasteiger partial charge in [-0.15, -0.1) is 0 Å². The largest absolute Gasteiger partial charge is 0.480 e. The van der Waals surface area contributed by atoms with Gasteiger partial charge in [0.2, 0.25) is 17.7 Å². The molecule has 29 heavy (non-hydrogen) atoms. The van der Waals surface area contributed by atoms with Crippen molar-refractivity contribution in [1.82, 2.24) is 16.0 Å². The zero-order valence-electron chi connectivity index (χ0n) is 17.5. The topological polar surface area (TPSA) is 191 Å². The lowest BCUT2D eigenvalue weighted by atomic mass is 10.00. The molecule has 0 aliphatic carbocycles. The van der Waals surface area contributed by atoms with Crippen LogP contribution in [0, 0.1) is 11.8 Å². The summed E-state index contributed by atoms with van der Waals surface area (Å²) in [6, 6.07) is -4.90. The molecule has 3 amide bonds. The molecule has 0 aliphatic rings. The third-order valence-corrected chi connectivity index (χ3v) is 4.17. The Morgan fingerprint density at radius 1 is 0.862 bits per heavy atom. The Bertz CT molecular complexity index is 581. The van der Waals surface area contributed by atoms with Gasteiger partial charge in [0.15, 0.2) is 0 Å². The lowest BCUT2D eigenvalue weighted by Gasteiger charge is -2.27. The Labute approximate surface area is 170 Å². The van der Waals surface area contributed by atoms with E-state index in [0.29, 0.717) is 0 Å². The van der Waals surface area contributed by atoms with Crippen LogP contribution in [0.4, 0.5) is 0 Å². The number of aliphatic carboxylic acids is 1. The van der Waals surface area contributed by atoms with Crippen molar-refractivity contribution < 1.29 is 34.5 Å². The second-order valence-electron chi connectivity index (χ2n) is 7.78. The fourth-order valence-corrected chi connectivity index (χ4v) is 2.48. The number of hydrogen-bond donors (Lipinski definition) is 7. The van der Waals surface area contributed by atoms with E-state index in [4.69, 9.17) is 10.8 Å². The molecule has 0 aliphatic heterocycles. The molecule has 0 bridgehead atoms. The summed E-state index contributed by atoms with van der Waals surface area (Å²) in [5.74, 6) is -3.96. The number of carboxylic acids is 1. The average molecular weight is 418 g/mol. The lowest BCUT2D eigenvalue weighted by Crippen LogP contribution is -2.60. The number of nitrogens with two attached hydrogens (primary N) is 1. The van der Waals surface area contributed by atoms with Gasteiger partial charge < -0.3 is 37.0 Å². The molecule has 0 aromatic heterocycles. The van der Waals surface area contributed by atoms with E-state index in [1.807, 2.05) is 13.8 Å². The second-order valence-corrected chi connectivity index (χ2v) is 7.78. The maximum atomic E-state index is 12.6. The summed E-state index contributed by atoms with van der Waals surface area (Å²) < 4.78 is 0. The van der Waals surface area contributed by atoms with E-state index in [0.717, 1.165) is 0 Å². The van der Waals surface area contributed by atoms with Crippen LogP contribution in [0.25, 0.3) is 0 Å². The van der Waals surface area contributed by atoms with Crippen molar-refractivity contribution in [2.45, 2.75) is 71.3 Å². The first-order valence-electron chi connectivity index (χ1n) is 9.50. The van der Waals surface area contributed by atoms with Crippen molar-refractivity contribution in [3.63, 3.8) is 0 Å². The van der Waals surface area contributed by atoms with Crippen molar-refractivity contribution >= 4 is 23.7 Å². The minimum absolute atomic E-state index is 0.0178. The standard InChI is InChI=1S/C18H34N4O7/c1-8(2)6-12(16(26)21-13(9(3)4)18(28)29)20-17(27)14(10(5)24)22-15(25)11(19)7-23/h8-14,23-24H,6-7,19H2,1-5H3,(H,20,27)(H,21,26)(H,22,25)(H,28,29). The molecule has 11 nitrogen and oxygen atoms in total. The van der Waals surface area contributed by atoms with Crippen LogP contribution in [0.1, 0.15) is 41.0 Å². The van der Waals surface area contributed by atoms with E-state index >= 15 is 0 Å². The molecule has 0 spiro atoms.